The number of allylic oxidation sites excluding steroid dienone is 2. The maximum absolute atomic E-state index is 11.5. The highest BCUT2D eigenvalue weighted by Crippen LogP contribution is 2.13. The normalized spacial score (nSPS) is 22.2. The molecule has 0 radical (unpaired) electrons. The van der Waals surface area contributed by atoms with E-state index in [0.29, 0.717) is 24.2 Å². The van der Waals surface area contributed by atoms with Crippen molar-refractivity contribution in [3.63, 3.8) is 0 Å². The molecule has 0 aromatic carbocycles. The van der Waals surface area contributed by atoms with E-state index in [-0.39, 0.29) is 5.91 Å². The fourth-order valence-corrected chi connectivity index (χ4v) is 1.27. The molecule has 0 aliphatic carbocycles. The second-order valence-corrected chi connectivity index (χ2v) is 3.07. The lowest BCUT2D eigenvalue weighted by Gasteiger charge is -2.06. The molecule has 7 nitrogen and oxygen atoms in total. The maximum atomic E-state index is 11.5. The largest absolute Gasteiger partial charge is 0.400 e. The average Bonchev–Trinajstić information content (AvgIpc) is 2.33. The quantitative estimate of drug-likeness (QED) is 0.296. The van der Waals surface area contributed by atoms with E-state index in [0.717, 1.165) is 0 Å². The molecule has 80 valence electrons. The number of azide groups is 1. The number of amides is 1. The van der Waals surface area contributed by atoms with Crippen molar-refractivity contribution < 1.29 is 4.79 Å². The Hall–Kier alpha value is -2.01. The van der Waals surface area contributed by atoms with Gasteiger partial charge in [-0.05, 0) is 18.4 Å². The van der Waals surface area contributed by atoms with Crippen molar-refractivity contribution >= 4 is 12.1 Å². The first-order valence-corrected chi connectivity index (χ1v) is 4.45. The fourth-order valence-electron chi connectivity index (χ4n) is 1.27. The summed E-state index contributed by atoms with van der Waals surface area (Å²) in [5, 5.41) is 5.96. The van der Waals surface area contributed by atoms with Gasteiger partial charge in [-0.25, -0.2) is 0 Å². The average molecular weight is 208 g/mol. The van der Waals surface area contributed by atoms with Crippen LogP contribution in [0.15, 0.2) is 21.5 Å². The zero-order chi connectivity index (χ0) is 11.3. The molecule has 1 rings (SSSR count). The van der Waals surface area contributed by atoms with Crippen LogP contribution in [0.2, 0.25) is 0 Å². The number of nitrogens with one attached hydrogen (secondary N) is 1. The molecule has 1 atom stereocenters. The summed E-state index contributed by atoms with van der Waals surface area (Å²) in [5.41, 5.74) is 15.0. The second-order valence-electron chi connectivity index (χ2n) is 3.07. The Morgan fingerprint density at radius 3 is 3.07 bits per heavy atom. The van der Waals surface area contributed by atoms with Crippen molar-refractivity contribution in [2.24, 2.45) is 15.8 Å². The number of carbonyl (C=O) groups excluding carboxylic acids is 1. The van der Waals surface area contributed by atoms with E-state index in [2.05, 4.69) is 20.3 Å². The molecule has 0 spiro atoms. The predicted molar refractivity (Wildman–Crippen MR) is 55.9 cm³/mol. The standard InChI is InChI=1S/C8H12N6O/c1-11-4-7-5(9)2-3-6(13-14-10)8(15)12-7/h4,6H,2-3,9H2,1H3,(H,12,15). The van der Waals surface area contributed by atoms with E-state index in [1.54, 1.807) is 7.05 Å². The number of hydrogen-bond acceptors (Lipinski definition) is 4. The zero-order valence-electron chi connectivity index (χ0n) is 8.34. The molecule has 0 fully saturated rings. The van der Waals surface area contributed by atoms with Crippen LogP contribution in [0.4, 0.5) is 0 Å². The Morgan fingerprint density at radius 1 is 1.73 bits per heavy atom. The summed E-state index contributed by atoms with van der Waals surface area (Å²) in [6.07, 6.45) is 2.40. The number of hydrogen-bond donors (Lipinski definition) is 2. The molecule has 7 heteroatoms. The third kappa shape index (κ3) is 2.72. The maximum Gasteiger partial charge on any atom is 0.233 e. The van der Waals surface area contributed by atoms with Gasteiger partial charge in [0.1, 0.15) is 6.04 Å². The van der Waals surface area contributed by atoms with Crippen LogP contribution in [-0.2, 0) is 4.79 Å². The van der Waals surface area contributed by atoms with Crippen LogP contribution < -0.4 is 11.1 Å². The van der Waals surface area contributed by atoms with Gasteiger partial charge < -0.3 is 11.1 Å². The lowest BCUT2D eigenvalue weighted by Crippen LogP contribution is -2.31. The lowest BCUT2D eigenvalue weighted by molar-refractivity contribution is -0.121. The summed E-state index contributed by atoms with van der Waals surface area (Å²) in [4.78, 5) is 17.9. The Bertz CT molecular complexity index is 365. The zero-order valence-corrected chi connectivity index (χ0v) is 8.34. The van der Waals surface area contributed by atoms with Gasteiger partial charge >= 0.3 is 0 Å². The summed E-state index contributed by atoms with van der Waals surface area (Å²) in [7, 11) is 1.59. The van der Waals surface area contributed by atoms with Crippen LogP contribution in [0, 0.1) is 0 Å². The van der Waals surface area contributed by atoms with Crippen molar-refractivity contribution in [2.45, 2.75) is 18.9 Å². The first kappa shape index (κ1) is 11.1. The highest BCUT2D eigenvalue weighted by atomic mass is 16.2. The third-order valence-electron chi connectivity index (χ3n) is 2.04. The number of nitrogens with two attached hydrogens (primary N) is 1. The van der Waals surface area contributed by atoms with E-state index < -0.39 is 6.04 Å². The first-order chi connectivity index (χ1) is 7.19. The minimum absolute atomic E-state index is 0.344. The number of carbonyl (C=O) groups is 1. The van der Waals surface area contributed by atoms with E-state index in [1.165, 1.54) is 6.21 Å². The van der Waals surface area contributed by atoms with Crippen LogP contribution in [0.5, 0.6) is 0 Å². The van der Waals surface area contributed by atoms with Gasteiger partial charge in [0.2, 0.25) is 5.91 Å². The van der Waals surface area contributed by atoms with Gasteiger partial charge in [0.15, 0.2) is 0 Å². The molecule has 1 heterocycles. The van der Waals surface area contributed by atoms with Crippen LogP contribution in [0.1, 0.15) is 12.8 Å². The highest BCUT2D eigenvalue weighted by molar-refractivity contribution is 5.91. The highest BCUT2D eigenvalue weighted by Gasteiger charge is 2.22. The van der Waals surface area contributed by atoms with Gasteiger partial charge in [0.05, 0.1) is 5.70 Å². The lowest BCUT2D eigenvalue weighted by atomic mass is 10.1. The molecule has 15 heavy (non-hydrogen) atoms. The van der Waals surface area contributed by atoms with Gasteiger partial charge in [0, 0.05) is 23.9 Å². The predicted octanol–water partition coefficient (Wildman–Crippen LogP) is 0.446. The van der Waals surface area contributed by atoms with Gasteiger partial charge in [-0.15, -0.1) is 0 Å². The molecule has 0 aromatic heterocycles. The van der Waals surface area contributed by atoms with Crippen molar-refractivity contribution in [3.05, 3.63) is 21.8 Å². The Morgan fingerprint density at radius 2 is 2.47 bits per heavy atom. The van der Waals surface area contributed by atoms with Crippen LogP contribution in [-0.4, -0.2) is 25.2 Å². The Balaban J connectivity index is 2.89. The third-order valence-corrected chi connectivity index (χ3v) is 2.04. The van der Waals surface area contributed by atoms with E-state index in [9.17, 15) is 4.79 Å². The first-order valence-electron chi connectivity index (χ1n) is 4.45. The molecule has 3 N–H and O–H groups in total. The topological polar surface area (TPSA) is 116 Å². The number of rotatable bonds is 2. The molecular formula is C8H12N6O. The van der Waals surface area contributed by atoms with E-state index in [4.69, 9.17) is 11.3 Å². The van der Waals surface area contributed by atoms with Crippen LogP contribution >= 0.6 is 0 Å². The number of aliphatic imine (C=N–C) groups is 1. The Labute approximate surface area is 86.7 Å². The molecule has 1 amide bonds. The molecule has 1 aliphatic rings. The molecule has 1 unspecified atom stereocenters. The van der Waals surface area contributed by atoms with Gasteiger partial charge in [-0.1, -0.05) is 5.11 Å². The molecule has 1 aliphatic heterocycles. The molecule has 0 bridgehead atoms. The van der Waals surface area contributed by atoms with E-state index >= 15 is 0 Å². The summed E-state index contributed by atoms with van der Waals surface area (Å²) in [6, 6.07) is -0.698. The molecular weight excluding hydrogens is 196 g/mol. The molecule has 0 saturated carbocycles. The SMILES string of the molecule is CN=CC1=C(N)CCC(N=[N+]=[N-])C(=O)N1. The summed E-state index contributed by atoms with van der Waals surface area (Å²) in [5.74, 6) is -0.344. The summed E-state index contributed by atoms with van der Waals surface area (Å²) >= 11 is 0. The number of nitrogens with zero attached hydrogens (tertiary/aromatic N) is 4. The van der Waals surface area contributed by atoms with Gasteiger partial charge in [-0.2, -0.15) is 0 Å². The monoisotopic (exact) mass is 208 g/mol. The summed E-state index contributed by atoms with van der Waals surface area (Å²) < 4.78 is 0. The molecule has 0 aromatic rings. The molecule has 0 saturated heterocycles. The minimum Gasteiger partial charge on any atom is -0.400 e. The smallest absolute Gasteiger partial charge is 0.233 e. The fraction of sp³-hybridized carbons (Fsp3) is 0.500. The van der Waals surface area contributed by atoms with Crippen molar-refractivity contribution in [2.75, 3.05) is 7.05 Å². The second kappa shape index (κ2) is 5.02. The van der Waals surface area contributed by atoms with Crippen molar-refractivity contribution in [3.8, 4) is 0 Å². The van der Waals surface area contributed by atoms with Crippen molar-refractivity contribution in [1.29, 1.82) is 0 Å². The van der Waals surface area contributed by atoms with Crippen LogP contribution in [0.3, 0.4) is 0 Å². The Kier molecular flexibility index (Phi) is 3.70. The minimum atomic E-state index is -0.698. The van der Waals surface area contributed by atoms with Gasteiger partial charge in [0.25, 0.3) is 0 Å². The van der Waals surface area contributed by atoms with Crippen LogP contribution in [0.25, 0.3) is 10.4 Å². The summed E-state index contributed by atoms with van der Waals surface area (Å²) in [6.45, 7) is 0. The van der Waals surface area contributed by atoms with Gasteiger partial charge in [-0.3, -0.25) is 9.79 Å². The van der Waals surface area contributed by atoms with E-state index in [1.807, 2.05) is 0 Å². The van der Waals surface area contributed by atoms with Crippen molar-refractivity contribution in [1.82, 2.24) is 5.32 Å².